The number of hydrogen-bond donors (Lipinski definition) is 3. The van der Waals surface area contributed by atoms with Crippen LogP contribution in [0.4, 0.5) is 11.4 Å². The van der Waals surface area contributed by atoms with Gasteiger partial charge in [0, 0.05) is 13.2 Å². The Kier molecular flexibility index (Phi) is 3.78. The van der Waals surface area contributed by atoms with Gasteiger partial charge in [0.15, 0.2) is 0 Å². The molecule has 1 aromatic rings. The molecule has 3 unspecified atom stereocenters. The van der Waals surface area contributed by atoms with Crippen LogP contribution in [0.3, 0.4) is 0 Å². The Morgan fingerprint density at radius 1 is 1.40 bits per heavy atom. The smallest absolute Gasteiger partial charge is 0.244 e. The molecule has 2 heterocycles. The van der Waals surface area contributed by atoms with Crippen molar-refractivity contribution in [3.63, 3.8) is 0 Å². The third-order valence-corrected chi connectivity index (χ3v) is 3.96. The number of nitrogens with one attached hydrogen (secondary N) is 3. The highest BCUT2D eigenvalue weighted by molar-refractivity contribution is 5.88. The number of fused-ring (bicyclic) bond motifs is 1. The van der Waals surface area contributed by atoms with E-state index in [1.807, 2.05) is 31.2 Å². The summed E-state index contributed by atoms with van der Waals surface area (Å²) in [6, 6.07) is 7.74. The lowest BCUT2D eigenvalue weighted by Gasteiger charge is -2.29. The molecule has 20 heavy (non-hydrogen) atoms. The molecular formula is C15H21N3O2. The molecule has 0 aromatic heterocycles. The van der Waals surface area contributed by atoms with Crippen LogP contribution in [0.25, 0.3) is 0 Å². The zero-order valence-electron chi connectivity index (χ0n) is 11.7. The van der Waals surface area contributed by atoms with Gasteiger partial charge >= 0.3 is 0 Å². The van der Waals surface area contributed by atoms with Crippen molar-refractivity contribution in [1.82, 2.24) is 5.32 Å². The van der Waals surface area contributed by atoms with Crippen molar-refractivity contribution >= 4 is 17.3 Å². The fourth-order valence-electron chi connectivity index (χ4n) is 2.79. The lowest BCUT2D eigenvalue weighted by Crippen LogP contribution is -2.51. The third kappa shape index (κ3) is 2.72. The van der Waals surface area contributed by atoms with Gasteiger partial charge < -0.3 is 20.7 Å². The van der Waals surface area contributed by atoms with Crippen molar-refractivity contribution in [2.24, 2.45) is 0 Å². The molecule has 1 saturated heterocycles. The van der Waals surface area contributed by atoms with E-state index in [9.17, 15) is 4.79 Å². The lowest BCUT2D eigenvalue weighted by molar-refractivity contribution is -0.123. The molecule has 0 bridgehead atoms. The number of benzene rings is 1. The van der Waals surface area contributed by atoms with Gasteiger partial charge in [-0.1, -0.05) is 12.1 Å². The van der Waals surface area contributed by atoms with Crippen LogP contribution in [-0.4, -0.2) is 37.2 Å². The van der Waals surface area contributed by atoms with E-state index in [4.69, 9.17) is 4.74 Å². The normalized spacial score (nSPS) is 26.1. The Labute approximate surface area is 119 Å². The molecule has 3 N–H and O–H groups in total. The quantitative estimate of drug-likeness (QED) is 0.783. The summed E-state index contributed by atoms with van der Waals surface area (Å²) in [6.07, 6.45) is 2.27. The maximum atomic E-state index is 12.3. The number of ether oxygens (including phenoxy) is 1. The Bertz CT molecular complexity index is 486. The van der Waals surface area contributed by atoms with Crippen LogP contribution in [0.2, 0.25) is 0 Å². The van der Waals surface area contributed by atoms with Gasteiger partial charge in [-0.15, -0.1) is 0 Å². The van der Waals surface area contributed by atoms with Gasteiger partial charge in [-0.2, -0.15) is 0 Å². The average Bonchev–Trinajstić information content (AvgIpc) is 3.01. The van der Waals surface area contributed by atoms with E-state index < -0.39 is 0 Å². The number of anilines is 2. The Morgan fingerprint density at radius 3 is 2.95 bits per heavy atom. The summed E-state index contributed by atoms with van der Waals surface area (Å²) in [6.45, 7) is 3.42. The molecular weight excluding hydrogens is 254 g/mol. The molecule has 1 fully saturated rings. The van der Waals surface area contributed by atoms with E-state index in [1.54, 1.807) is 0 Å². The Hall–Kier alpha value is -1.75. The van der Waals surface area contributed by atoms with Crippen molar-refractivity contribution in [3.05, 3.63) is 24.3 Å². The monoisotopic (exact) mass is 275 g/mol. The van der Waals surface area contributed by atoms with Gasteiger partial charge in [0.25, 0.3) is 0 Å². The minimum Gasteiger partial charge on any atom is -0.381 e. The fraction of sp³-hybridized carbons (Fsp3) is 0.533. The number of hydrogen-bond acceptors (Lipinski definition) is 4. The highest BCUT2D eigenvalue weighted by atomic mass is 16.5. The molecule has 1 amide bonds. The molecule has 108 valence electrons. The van der Waals surface area contributed by atoms with Gasteiger partial charge in [0.2, 0.25) is 5.91 Å². The predicted molar refractivity (Wildman–Crippen MR) is 78.9 cm³/mol. The van der Waals surface area contributed by atoms with E-state index in [-0.39, 0.29) is 24.1 Å². The minimum absolute atomic E-state index is 0.0232. The topological polar surface area (TPSA) is 62.4 Å². The van der Waals surface area contributed by atoms with Crippen LogP contribution in [0.1, 0.15) is 19.8 Å². The molecule has 0 saturated carbocycles. The van der Waals surface area contributed by atoms with Crippen molar-refractivity contribution < 1.29 is 9.53 Å². The molecule has 0 spiro atoms. The first-order chi connectivity index (χ1) is 9.74. The van der Waals surface area contributed by atoms with Crippen LogP contribution in [0.5, 0.6) is 0 Å². The molecule has 5 nitrogen and oxygen atoms in total. The second kappa shape index (κ2) is 5.71. The van der Waals surface area contributed by atoms with Gasteiger partial charge in [-0.25, -0.2) is 0 Å². The second-order valence-electron chi connectivity index (χ2n) is 5.47. The second-order valence-corrected chi connectivity index (χ2v) is 5.47. The summed E-state index contributed by atoms with van der Waals surface area (Å²) in [7, 11) is 0. The summed E-state index contributed by atoms with van der Waals surface area (Å²) in [4.78, 5) is 12.3. The standard InChI is InChI=1S/C15H21N3O2/c1-10(14-7-4-8-20-14)17-15(19)13-9-16-11-5-2-3-6-12(11)18-13/h2-3,5-6,10,13-14,16,18H,4,7-9H2,1H3,(H,17,19). The molecule has 3 atom stereocenters. The number of carbonyl (C=O) groups excluding carboxylic acids is 1. The number of amides is 1. The largest absolute Gasteiger partial charge is 0.381 e. The maximum absolute atomic E-state index is 12.3. The number of carbonyl (C=O) groups is 1. The van der Waals surface area contributed by atoms with Crippen LogP contribution in [-0.2, 0) is 9.53 Å². The molecule has 2 aliphatic rings. The van der Waals surface area contributed by atoms with Crippen LogP contribution in [0, 0.1) is 0 Å². The molecule has 0 aliphatic carbocycles. The van der Waals surface area contributed by atoms with E-state index in [0.29, 0.717) is 6.54 Å². The fourth-order valence-corrected chi connectivity index (χ4v) is 2.79. The van der Waals surface area contributed by atoms with Gasteiger partial charge in [0.1, 0.15) is 6.04 Å². The molecule has 3 rings (SSSR count). The first kappa shape index (κ1) is 13.2. The zero-order valence-corrected chi connectivity index (χ0v) is 11.7. The maximum Gasteiger partial charge on any atom is 0.244 e. The summed E-state index contributed by atoms with van der Waals surface area (Å²) in [5.41, 5.74) is 2.02. The molecule has 2 aliphatic heterocycles. The summed E-state index contributed by atoms with van der Waals surface area (Å²) in [5, 5.41) is 9.62. The Morgan fingerprint density at radius 2 is 2.20 bits per heavy atom. The van der Waals surface area contributed by atoms with E-state index in [1.165, 1.54) is 0 Å². The van der Waals surface area contributed by atoms with Gasteiger partial charge in [-0.3, -0.25) is 4.79 Å². The zero-order chi connectivity index (χ0) is 13.9. The summed E-state index contributed by atoms with van der Waals surface area (Å²) in [5.74, 6) is 0.0232. The minimum atomic E-state index is -0.242. The van der Waals surface area contributed by atoms with E-state index >= 15 is 0 Å². The summed E-state index contributed by atoms with van der Waals surface area (Å²) >= 11 is 0. The average molecular weight is 275 g/mol. The Balaban J connectivity index is 1.58. The van der Waals surface area contributed by atoms with E-state index in [0.717, 1.165) is 30.8 Å². The van der Waals surface area contributed by atoms with Crippen molar-refractivity contribution in [1.29, 1.82) is 0 Å². The first-order valence-electron chi connectivity index (χ1n) is 7.25. The highest BCUT2D eigenvalue weighted by Gasteiger charge is 2.28. The molecule has 5 heteroatoms. The van der Waals surface area contributed by atoms with Crippen LogP contribution < -0.4 is 16.0 Å². The van der Waals surface area contributed by atoms with Crippen LogP contribution in [0.15, 0.2) is 24.3 Å². The summed E-state index contributed by atoms with van der Waals surface area (Å²) < 4.78 is 5.61. The number of para-hydroxylation sites is 2. The lowest BCUT2D eigenvalue weighted by atomic mass is 10.1. The molecule has 1 aromatic carbocycles. The van der Waals surface area contributed by atoms with Crippen molar-refractivity contribution in [2.45, 2.75) is 38.0 Å². The predicted octanol–water partition coefficient (Wildman–Crippen LogP) is 1.58. The SMILES string of the molecule is CC(NC(=O)C1CNc2ccccc2N1)C1CCCO1. The first-order valence-corrected chi connectivity index (χ1v) is 7.25. The van der Waals surface area contributed by atoms with E-state index in [2.05, 4.69) is 16.0 Å². The third-order valence-electron chi connectivity index (χ3n) is 3.96. The number of rotatable bonds is 3. The van der Waals surface area contributed by atoms with Gasteiger partial charge in [-0.05, 0) is 31.9 Å². The van der Waals surface area contributed by atoms with Crippen molar-refractivity contribution in [2.75, 3.05) is 23.8 Å². The van der Waals surface area contributed by atoms with Crippen LogP contribution >= 0.6 is 0 Å². The highest BCUT2D eigenvalue weighted by Crippen LogP contribution is 2.25. The van der Waals surface area contributed by atoms with Gasteiger partial charge in [0.05, 0.1) is 23.5 Å². The molecule has 0 radical (unpaired) electrons. The van der Waals surface area contributed by atoms with Crippen molar-refractivity contribution in [3.8, 4) is 0 Å².